The number of ether oxygens (including phenoxy) is 3. The number of aryl methyl sites for hydroxylation is 1. The van der Waals surface area contributed by atoms with E-state index < -0.39 is 0 Å². The van der Waals surface area contributed by atoms with Crippen LogP contribution in [-0.2, 0) is 18.0 Å². The predicted molar refractivity (Wildman–Crippen MR) is 121 cm³/mol. The Morgan fingerprint density at radius 1 is 0.567 bits per heavy atom. The zero-order valence-electron chi connectivity index (χ0n) is 17.2. The molecule has 0 N–H and O–H groups in total. The first kappa shape index (κ1) is 20.0. The average Bonchev–Trinajstić information content (AvgIpc) is 2.79. The van der Waals surface area contributed by atoms with Gasteiger partial charge in [-0.15, -0.1) is 0 Å². The smallest absolute Gasteiger partial charge is 0.162 e. The van der Waals surface area contributed by atoms with E-state index in [0.717, 1.165) is 33.4 Å². The maximum Gasteiger partial charge on any atom is 0.162 e. The fraction of sp³-hybridized carbons (Fsp3) is 0.185. The van der Waals surface area contributed by atoms with Gasteiger partial charge in [-0.2, -0.15) is 0 Å². The summed E-state index contributed by atoms with van der Waals surface area (Å²) >= 11 is 0. The molecule has 0 saturated carbocycles. The maximum absolute atomic E-state index is 6.10. The van der Waals surface area contributed by atoms with Gasteiger partial charge in [0, 0.05) is 0 Å². The first-order chi connectivity index (χ1) is 14.8. The number of fused-ring (bicyclic) bond motifs is 1. The van der Waals surface area contributed by atoms with Crippen molar-refractivity contribution in [3.63, 3.8) is 0 Å². The molecule has 0 aliphatic carbocycles. The fourth-order valence-corrected chi connectivity index (χ4v) is 3.24. The van der Waals surface area contributed by atoms with Crippen molar-refractivity contribution < 1.29 is 14.2 Å². The number of hydrogen-bond donors (Lipinski definition) is 0. The van der Waals surface area contributed by atoms with Gasteiger partial charge in [-0.25, -0.2) is 0 Å². The third-order valence-electron chi connectivity index (χ3n) is 4.92. The van der Waals surface area contributed by atoms with Gasteiger partial charge in [0.15, 0.2) is 11.5 Å². The summed E-state index contributed by atoms with van der Waals surface area (Å²) in [6.45, 7) is 4.14. The van der Waals surface area contributed by atoms with E-state index >= 15 is 0 Å². The minimum Gasteiger partial charge on any atom is -0.487 e. The molecule has 30 heavy (non-hydrogen) atoms. The summed E-state index contributed by atoms with van der Waals surface area (Å²) in [6, 6.07) is 30.8. The Balaban J connectivity index is 1.38. The molecule has 0 aliphatic heterocycles. The Bertz CT molecular complexity index is 1070. The lowest BCUT2D eigenvalue weighted by Gasteiger charge is -2.14. The standard InChI is InChI=1S/C27H26O3/c1-21-11-13-23(14-12-21)19-28-15-16-29-26-17-24-9-5-6-10-25(24)18-27(26)30-20-22-7-3-2-4-8-22/h2-14,17-18H,15-16,19-20H2,1H3. The van der Waals surface area contributed by atoms with E-state index in [1.165, 1.54) is 5.56 Å². The molecule has 0 saturated heterocycles. The minimum atomic E-state index is 0.464. The molecule has 4 rings (SSSR count). The van der Waals surface area contributed by atoms with Crippen LogP contribution in [0.4, 0.5) is 0 Å². The second kappa shape index (κ2) is 9.95. The summed E-state index contributed by atoms with van der Waals surface area (Å²) in [5.74, 6) is 1.49. The Labute approximate surface area is 177 Å². The molecule has 3 nitrogen and oxygen atoms in total. The highest BCUT2D eigenvalue weighted by Crippen LogP contribution is 2.33. The van der Waals surface area contributed by atoms with Crippen molar-refractivity contribution in [2.45, 2.75) is 20.1 Å². The Morgan fingerprint density at radius 2 is 1.17 bits per heavy atom. The van der Waals surface area contributed by atoms with E-state index in [2.05, 4.69) is 55.5 Å². The topological polar surface area (TPSA) is 27.7 Å². The van der Waals surface area contributed by atoms with Crippen LogP contribution in [0.15, 0.2) is 91.0 Å². The minimum absolute atomic E-state index is 0.464. The van der Waals surface area contributed by atoms with Gasteiger partial charge in [0.1, 0.15) is 13.2 Å². The highest BCUT2D eigenvalue weighted by molar-refractivity contribution is 5.86. The first-order valence-electron chi connectivity index (χ1n) is 10.2. The molecule has 0 aromatic heterocycles. The molecular formula is C27H26O3. The van der Waals surface area contributed by atoms with Crippen LogP contribution in [0.1, 0.15) is 16.7 Å². The molecule has 0 amide bonds. The highest BCUT2D eigenvalue weighted by atomic mass is 16.5. The monoisotopic (exact) mass is 398 g/mol. The lowest BCUT2D eigenvalue weighted by molar-refractivity contribution is 0.0876. The molecule has 0 atom stereocenters. The van der Waals surface area contributed by atoms with Gasteiger partial charge in [0.2, 0.25) is 0 Å². The van der Waals surface area contributed by atoms with E-state index in [4.69, 9.17) is 14.2 Å². The molecule has 0 spiro atoms. The van der Waals surface area contributed by atoms with E-state index in [1.54, 1.807) is 0 Å². The fourth-order valence-electron chi connectivity index (χ4n) is 3.24. The second-order valence-corrected chi connectivity index (χ2v) is 7.31. The van der Waals surface area contributed by atoms with Gasteiger partial charge in [0.25, 0.3) is 0 Å². The normalized spacial score (nSPS) is 10.8. The molecule has 3 heteroatoms. The lowest BCUT2D eigenvalue weighted by atomic mass is 10.1. The summed E-state index contributed by atoms with van der Waals surface area (Å²) in [5, 5.41) is 2.25. The van der Waals surface area contributed by atoms with Crippen LogP contribution in [0.5, 0.6) is 11.5 Å². The van der Waals surface area contributed by atoms with E-state index in [0.29, 0.717) is 26.4 Å². The molecule has 0 aliphatic rings. The predicted octanol–water partition coefficient (Wildman–Crippen LogP) is 6.32. The van der Waals surface area contributed by atoms with E-state index in [1.807, 2.05) is 42.5 Å². The maximum atomic E-state index is 6.10. The SMILES string of the molecule is Cc1ccc(COCCOc2cc3ccccc3cc2OCc2ccccc2)cc1. The number of hydrogen-bond acceptors (Lipinski definition) is 3. The van der Waals surface area contributed by atoms with Crippen LogP contribution >= 0.6 is 0 Å². The molecule has 0 fully saturated rings. The van der Waals surface area contributed by atoms with Crippen molar-refractivity contribution >= 4 is 10.8 Å². The van der Waals surface area contributed by atoms with Gasteiger partial charge >= 0.3 is 0 Å². The van der Waals surface area contributed by atoms with Crippen LogP contribution in [0.2, 0.25) is 0 Å². The molecule has 4 aromatic rings. The molecule has 4 aromatic carbocycles. The molecule has 0 unspecified atom stereocenters. The Morgan fingerprint density at radius 3 is 1.87 bits per heavy atom. The third kappa shape index (κ3) is 5.40. The van der Waals surface area contributed by atoms with Crippen LogP contribution in [0.3, 0.4) is 0 Å². The quantitative estimate of drug-likeness (QED) is 0.309. The Kier molecular flexibility index (Phi) is 6.63. The van der Waals surface area contributed by atoms with Crippen LogP contribution < -0.4 is 9.47 Å². The average molecular weight is 399 g/mol. The summed E-state index contributed by atoms with van der Waals surface area (Å²) in [7, 11) is 0. The van der Waals surface area contributed by atoms with Crippen molar-refractivity contribution in [2.24, 2.45) is 0 Å². The van der Waals surface area contributed by atoms with E-state index in [9.17, 15) is 0 Å². The zero-order chi connectivity index (χ0) is 20.6. The van der Waals surface area contributed by atoms with Gasteiger partial charge in [-0.3, -0.25) is 0 Å². The van der Waals surface area contributed by atoms with Crippen LogP contribution in [-0.4, -0.2) is 13.2 Å². The summed E-state index contributed by atoms with van der Waals surface area (Å²) < 4.78 is 17.9. The van der Waals surface area contributed by atoms with Crippen LogP contribution in [0, 0.1) is 6.92 Å². The molecule has 0 radical (unpaired) electrons. The number of benzene rings is 4. The van der Waals surface area contributed by atoms with Crippen molar-refractivity contribution in [1.29, 1.82) is 0 Å². The molecule has 0 bridgehead atoms. The summed E-state index contributed by atoms with van der Waals surface area (Å²) in [5.41, 5.74) is 3.54. The zero-order valence-corrected chi connectivity index (χ0v) is 17.2. The summed E-state index contributed by atoms with van der Waals surface area (Å²) in [6.07, 6.45) is 0. The summed E-state index contributed by atoms with van der Waals surface area (Å²) in [4.78, 5) is 0. The van der Waals surface area contributed by atoms with Gasteiger partial charge in [0.05, 0.1) is 13.2 Å². The van der Waals surface area contributed by atoms with Gasteiger partial charge in [-0.05, 0) is 41.0 Å². The largest absolute Gasteiger partial charge is 0.487 e. The van der Waals surface area contributed by atoms with Crippen molar-refractivity contribution in [2.75, 3.05) is 13.2 Å². The van der Waals surface area contributed by atoms with Crippen molar-refractivity contribution in [1.82, 2.24) is 0 Å². The van der Waals surface area contributed by atoms with Crippen LogP contribution in [0.25, 0.3) is 10.8 Å². The number of rotatable bonds is 9. The van der Waals surface area contributed by atoms with E-state index in [-0.39, 0.29) is 0 Å². The molecule has 152 valence electrons. The van der Waals surface area contributed by atoms with Crippen molar-refractivity contribution in [3.8, 4) is 11.5 Å². The van der Waals surface area contributed by atoms with Gasteiger partial charge in [-0.1, -0.05) is 84.4 Å². The Hall–Kier alpha value is -3.30. The highest BCUT2D eigenvalue weighted by Gasteiger charge is 2.09. The lowest BCUT2D eigenvalue weighted by Crippen LogP contribution is -2.08. The van der Waals surface area contributed by atoms with Gasteiger partial charge < -0.3 is 14.2 Å². The third-order valence-corrected chi connectivity index (χ3v) is 4.92. The molecular weight excluding hydrogens is 372 g/mol. The molecule has 0 heterocycles. The second-order valence-electron chi connectivity index (χ2n) is 7.31. The van der Waals surface area contributed by atoms with Crippen molar-refractivity contribution in [3.05, 3.63) is 108 Å². The first-order valence-corrected chi connectivity index (χ1v) is 10.2.